The molecule has 14 heavy (non-hydrogen) atoms. The maximum Gasteiger partial charge on any atom is 0.146 e. The molecule has 72 valence electrons. The Hall–Kier alpha value is -1.36. The van der Waals surface area contributed by atoms with Crippen LogP contribution in [0.3, 0.4) is 0 Å². The Morgan fingerprint density at radius 3 is 3.07 bits per heavy atom. The van der Waals surface area contributed by atoms with Gasteiger partial charge in [-0.3, -0.25) is 4.79 Å². The molecule has 2 heteroatoms. The molecule has 0 spiro atoms. The van der Waals surface area contributed by atoms with Gasteiger partial charge in [0.1, 0.15) is 5.78 Å². The molecule has 2 atom stereocenters. The SMILES string of the molecule is CC12CC=CCC(C#N)C1=CCC2=O. The molecule has 0 heterocycles. The van der Waals surface area contributed by atoms with E-state index in [1.165, 1.54) is 0 Å². The molecule has 0 saturated heterocycles. The van der Waals surface area contributed by atoms with Crippen LogP contribution in [0.5, 0.6) is 0 Å². The monoisotopic (exact) mass is 187 g/mol. The predicted octanol–water partition coefficient (Wildman–Crippen LogP) is 2.38. The minimum atomic E-state index is -0.382. The fourth-order valence-corrected chi connectivity index (χ4v) is 2.37. The maximum atomic E-state index is 11.7. The molecule has 2 unspecified atom stereocenters. The normalized spacial score (nSPS) is 35.9. The van der Waals surface area contributed by atoms with Crippen molar-refractivity contribution in [3.63, 3.8) is 0 Å². The van der Waals surface area contributed by atoms with E-state index in [1.54, 1.807) is 0 Å². The Morgan fingerprint density at radius 2 is 2.36 bits per heavy atom. The summed E-state index contributed by atoms with van der Waals surface area (Å²) in [5.41, 5.74) is 0.669. The molecule has 2 nitrogen and oxygen atoms in total. The van der Waals surface area contributed by atoms with Gasteiger partial charge >= 0.3 is 0 Å². The van der Waals surface area contributed by atoms with Crippen molar-refractivity contribution in [2.24, 2.45) is 11.3 Å². The van der Waals surface area contributed by atoms with Crippen molar-refractivity contribution in [3.8, 4) is 6.07 Å². The lowest BCUT2D eigenvalue weighted by Gasteiger charge is -2.25. The van der Waals surface area contributed by atoms with E-state index in [2.05, 4.69) is 6.07 Å². The summed E-state index contributed by atoms with van der Waals surface area (Å²) in [7, 11) is 0. The summed E-state index contributed by atoms with van der Waals surface area (Å²) in [4.78, 5) is 11.7. The third-order valence-electron chi connectivity index (χ3n) is 3.36. The first-order chi connectivity index (χ1) is 6.68. The van der Waals surface area contributed by atoms with Gasteiger partial charge in [0.05, 0.1) is 17.4 Å². The zero-order chi connectivity index (χ0) is 10.2. The summed E-state index contributed by atoms with van der Waals surface area (Å²) in [6.07, 6.45) is 8.04. The lowest BCUT2D eigenvalue weighted by Crippen LogP contribution is -2.26. The van der Waals surface area contributed by atoms with Gasteiger partial charge in [-0.25, -0.2) is 0 Å². The van der Waals surface area contributed by atoms with Crippen molar-refractivity contribution in [2.75, 3.05) is 0 Å². The number of carbonyl (C=O) groups excluding carboxylic acids is 1. The highest BCUT2D eigenvalue weighted by molar-refractivity contribution is 5.92. The number of nitrogens with zero attached hydrogens (tertiary/aromatic N) is 1. The van der Waals surface area contributed by atoms with Crippen LogP contribution in [0.4, 0.5) is 0 Å². The van der Waals surface area contributed by atoms with Crippen molar-refractivity contribution in [1.82, 2.24) is 0 Å². The molecule has 0 radical (unpaired) electrons. The van der Waals surface area contributed by atoms with E-state index in [0.717, 1.165) is 18.4 Å². The van der Waals surface area contributed by atoms with Crippen LogP contribution in [-0.2, 0) is 4.79 Å². The minimum Gasteiger partial charge on any atom is -0.298 e. The highest BCUT2D eigenvalue weighted by Gasteiger charge is 2.43. The summed E-state index contributed by atoms with van der Waals surface area (Å²) in [5.74, 6) is 0.171. The number of hydrogen-bond acceptors (Lipinski definition) is 2. The van der Waals surface area contributed by atoms with Gasteiger partial charge in [-0.2, -0.15) is 5.26 Å². The van der Waals surface area contributed by atoms with Gasteiger partial charge in [0.15, 0.2) is 0 Å². The summed E-state index contributed by atoms with van der Waals surface area (Å²) < 4.78 is 0. The van der Waals surface area contributed by atoms with Crippen LogP contribution in [0.15, 0.2) is 23.8 Å². The van der Waals surface area contributed by atoms with E-state index in [0.29, 0.717) is 6.42 Å². The highest BCUT2D eigenvalue weighted by Crippen LogP contribution is 2.45. The fraction of sp³-hybridized carbons (Fsp3) is 0.500. The molecule has 0 aliphatic heterocycles. The molecule has 2 aliphatic carbocycles. The van der Waals surface area contributed by atoms with Crippen molar-refractivity contribution in [1.29, 1.82) is 5.26 Å². The van der Waals surface area contributed by atoms with Gasteiger partial charge in [0.25, 0.3) is 0 Å². The van der Waals surface area contributed by atoms with Gasteiger partial charge in [-0.15, -0.1) is 0 Å². The molecule has 0 aromatic heterocycles. The van der Waals surface area contributed by atoms with Gasteiger partial charge in [-0.05, 0) is 25.3 Å². The lowest BCUT2D eigenvalue weighted by atomic mass is 9.75. The summed E-state index contributed by atoms with van der Waals surface area (Å²) in [5, 5.41) is 9.03. The second kappa shape index (κ2) is 3.09. The Bertz CT molecular complexity index is 372. The van der Waals surface area contributed by atoms with E-state index >= 15 is 0 Å². The molecule has 0 saturated carbocycles. The fourth-order valence-electron chi connectivity index (χ4n) is 2.37. The smallest absolute Gasteiger partial charge is 0.146 e. The molecule has 0 aromatic carbocycles. The second-order valence-electron chi connectivity index (χ2n) is 4.21. The largest absolute Gasteiger partial charge is 0.298 e. The molecule has 2 aliphatic rings. The number of hydrogen-bond donors (Lipinski definition) is 0. The highest BCUT2D eigenvalue weighted by atomic mass is 16.1. The van der Waals surface area contributed by atoms with Crippen LogP contribution in [0.2, 0.25) is 0 Å². The third-order valence-corrected chi connectivity index (χ3v) is 3.36. The quantitative estimate of drug-likeness (QED) is 0.546. The predicted molar refractivity (Wildman–Crippen MR) is 53.3 cm³/mol. The van der Waals surface area contributed by atoms with Crippen molar-refractivity contribution < 1.29 is 4.79 Å². The first-order valence-corrected chi connectivity index (χ1v) is 4.97. The second-order valence-corrected chi connectivity index (χ2v) is 4.21. The lowest BCUT2D eigenvalue weighted by molar-refractivity contribution is -0.124. The van der Waals surface area contributed by atoms with Crippen molar-refractivity contribution in [3.05, 3.63) is 23.8 Å². The average Bonchev–Trinajstić information content (AvgIpc) is 2.37. The van der Waals surface area contributed by atoms with Crippen LogP contribution in [-0.4, -0.2) is 5.78 Å². The molecule has 0 amide bonds. The van der Waals surface area contributed by atoms with E-state index in [4.69, 9.17) is 5.26 Å². The number of rotatable bonds is 0. The van der Waals surface area contributed by atoms with E-state index < -0.39 is 0 Å². The van der Waals surface area contributed by atoms with Crippen LogP contribution < -0.4 is 0 Å². The number of ketones is 1. The Kier molecular flexibility index (Phi) is 2.03. The molecular weight excluding hydrogens is 174 g/mol. The number of fused-ring (bicyclic) bond motifs is 1. The van der Waals surface area contributed by atoms with Gasteiger partial charge in [-0.1, -0.05) is 18.2 Å². The van der Waals surface area contributed by atoms with Crippen LogP contribution in [0, 0.1) is 22.7 Å². The number of allylic oxidation sites excluding steroid dienone is 4. The van der Waals surface area contributed by atoms with E-state index in [1.807, 2.05) is 25.2 Å². The van der Waals surface area contributed by atoms with Crippen molar-refractivity contribution >= 4 is 5.78 Å². The molecule has 0 aromatic rings. The number of carbonyl (C=O) groups is 1. The standard InChI is InChI=1S/C12H13NO/c1-12-7-3-2-4-9(8-13)10(12)5-6-11(12)14/h2-3,5,9H,4,6-7H2,1H3. The Balaban J connectivity index is 2.43. The first kappa shape index (κ1) is 9.21. The molecule has 2 rings (SSSR count). The molecular formula is C12H13NO. The van der Waals surface area contributed by atoms with Crippen molar-refractivity contribution in [2.45, 2.75) is 26.2 Å². The molecule has 0 N–H and O–H groups in total. The van der Waals surface area contributed by atoms with Gasteiger partial charge < -0.3 is 0 Å². The summed E-state index contributed by atoms with van der Waals surface area (Å²) in [6.45, 7) is 1.97. The molecule has 0 bridgehead atoms. The van der Waals surface area contributed by atoms with Crippen LogP contribution >= 0.6 is 0 Å². The van der Waals surface area contributed by atoms with Crippen LogP contribution in [0.1, 0.15) is 26.2 Å². The van der Waals surface area contributed by atoms with E-state index in [9.17, 15) is 4.79 Å². The summed E-state index contributed by atoms with van der Waals surface area (Å²) >= 11 is 0. The Labute approximate surface area is 83.9 Å². The Morgan fingerprint density at radius 1 is 1.57 bits per heavy atom. The maximum absolute atomic E-state index is 11.7. The first-order valence-electron chi connectivity index (χ1n) is 4.97. The summed E-state index contributed by atoms with van der Waals surface area (Å²) in [6, 6.07) is 2.29. The topological polar surface area (TPSA) is 40.9 Å². The minimum absolute atomic E-state index is 0.0924. The van der Waals surface area contributed by atoms with Crippen LogP contribution in [0.25, 0.3) is 0 Å². The number of Topliss-reactive ketones (excluding diaryl/α,β-unsaturated/α-hetero) is 1. The van der Waals surface area contributed by atoms with E-state index in [-0.39, 0.29) is 17.1 Å². The van der Waals surface area contributed by atoms with Gasteiger partial charge in [0, 0.05) is 6.42 Å². The number of nitriles is 1. The third kappa shape index (κ3) is 1.13. The average molecular weight is 187 g/mol. The van der Waals surface area contributed by atoms with Gasteiger partial charge in [0.2, 0.25) is 0 Å². The molecule has 0 fully saturated rings. The zero-order valence-corrected chi connectivity index (χ0v) is 8.29. The zero-order valence-electron chi connectivity index (χ0n) is 8.29.